The lowest BCUT2D eigenvalue weighted by Gasteiger charge is -2.07. The van der Waals surface area contributed by atoms with Crippen LogP contribution in [0.25, 0.3) is 0 Å². The second kappa shape index (κ2) is 4.64. The molecule has 1 N–H and O–H groups in total. The second-order valence-corrected chi connectivity index (χ2v) is 4.19. The Morgan fingerprint density at radius 1 is 1.50 bits per heavy atom. The highest BCUT2D eigenvalue weighted by atomic mass is 16.4. The first-order chi connectivity index (χ1) is 8.52. The number of aryl methyl sites for hydroxylation is 3. The minimum absolute atomic E-state index is 0.201. The summed E-state index contributed by atoms with van der Waals surface area (Å²) >= 11 is 0. The Hall–Kier alpha value is -2.11. The molecule has 0 saturated heterocycles. The average molecular weight is 248 g/mol. The number of hydrogen-bond donors (Lipinski definition) is 1. The number of imidazole rings is 1. The zero-order valence-electron chi connectivity index (χ0n) is 10.7. The molecule has 0 unspecified atom stereocenters. The van der Waals surface area contributed by atoms with Crippen molar-refractivity contribution in [3.63, 3.8) is 0 Å². The van der Waals surface area contributed by atoms with E-state index in [2.05, 4.69) is 10.1 Å². The molecule has 0 amide bonds. The van der Waals surface area contributed by atoms with Crippen LogP contribution in [0.2, 0.25) is 0 Å². The smallest absolute Gasteiger partial charge is 0.354 e. The van der Waals surface area contributed by atoms with Gasteiger partial charge in [-0.25, -0.2) is 9.78 Å². The van der Waals surface area contributed by atoms with Crippen molar-refractivity contribution in [2.75, 3.05) is 0 Å². The van der Waals surface area contributed by atoms with Crippen LogP contribution in [0, 0.1) is 6.92 Å². The third-order valence-corrected chi connectivity index (χ3v) is 2.98. The van der Waals surface area contributed by atoms with Crippen LogP contribution in [-0.2, 0) is 20.0 Å². The Morgan fingerprint density at radius 3 is 2.78 bits per heavy atom. The van der Waals surface area contributed by atoms with E-state index in [1.54, 1.807) is 16.2 Å². The summed E-state index contributed by atoms with van der Waals surface area (Å²) in [5.41, 5.74) is 2.17. The summed E-state index contributed by atoms with van der Waals surface area (Å²) in [7, 11) is 1.86. The number of aromatic nitrogens is 4. The maximum atomic E-state index is 11.1. The molecule has 6 nitrogen and oxygen atoms in total. The normalized spacial score (nSPS) is 10.8. The molecule has 0 aliphatic heterocycles. The van der Waals surface area contributed by atoms with Gasteiger partial charge in [-0.15, -0.1) is 0 Å². The number of carboxylic acid groups (broad SMARTS) is 1. The summed E-state index contributed by atoms with van der Waals surface area (Å²) in [4.78, 5) is 15.1. The second-order valence-electron chi connectivity index (χ2n) is 4.19. The van der Waals surface area contributed by atoms with Gasteiger partial charge in [-0.2, -0.15) is 5.10 Å². The van der Waals surface area contributed by atoms with Crippen LogP contribution in [0.15, 0.2) is 12.3 Å². The zero-order valence-corrected chi connectivity index (χ0v) is 10.7. The number of hydrogen-bond acceptors (Lipinski definition) is 3. The fourth-order valence-corrected chi connectivity index (χ4v) is 1.89. The van der Waals surface area contributed by atoms with Gasteiger partial charge in [0.05, 0.1) is 24.1 Å². The van der Waals surface area contributed by atoms with Gasteiger partial charge >= 0.3 is 5.97 Å². The summed E-state index contributed by atoms with van der Waals surface area (Å²) < 4.78 is 3.46. The van der Waals surface area contributed by atoms with Gasteiger partial charge in [0.2, 0.25) is 0 Å². The van der Waals surface area contributed by atoms with Crippen LogP contribution < -0.4 is 0 Å². The summed E-state index contributed by atoms with van der Waals surface area (Å²) in [5, 5.41) is 13.4. The third kappa shape index (κ3) is 2.13. The molecule has 0 fully saturated rings. The Morgan fingerprint density at radius 2 is 2.22 bits per heavy atom. The van der Waals surface area contributed by atoms with Crippen molar-refractivity contribution in [1.82, 2.24) is 19.3 Å². The molecule has 0 spiro atoms. The lowest BCUT2D eigenvalue weighted by Crippen LogP contribution is -2.13. The predicted octanol–water partition coefficient (Wildman–Crippen LogP) is 1.23. The van der Waals surface area contributed by atoms with E-state index in [1.807, 2.05) is 20.0 Å². The Labute approximate surface area is 105 Å². The third-order valence-electron chi connectivity index (χ3n) is 2.98. The largest absolute Gasteiger partial charge is 0.477 e. The highest BCUT2D eigenvalue weighted by molar-refractivity contribution is 5.85. The molecule has 2 aromatic rings. The molecular weight excluding hydrogens is 232 g/mol. The first kappa shape index (κ1) is 12.3. The zero-order chi connectivity index (χ0) is 13.3. The molecule has 0 aromatic carbocycles. The van der Waals surface area contributed by atoms with E-state index < -0.39 is 5.97 Å². The van der Waals surface area contributed by atoms with Crippen molar-refractivity contribution < 1.29 is 9.90 Å². The molecule has 0 aliphatic carbocycles. The lowest BCUT2D eigenvalue weighted by molar-refractivity contribution is 0.0685. The lowest BCUT2D eigenvalue weighted by atomic mass is 10.3. The van der Waals surface area contributed by atoms with Gasteiger partial charge in [0.25, 0.3) is 0 Å². The number of aromatic carboxylic acids is 1. The van der Waals surface area contributed by atoms with Gasteiger partial charge in [0, 0.05) is 7.05 Å². The summed E-state index contributed by atoms with van der Waals surface area (Å²) in [5.74, 6) is -0.278. The van der Waals surface area contributed by atoms with Crippen LogP contribution in [0.4, 0.5) is 0 Å². The van der Waals surface area contributed by atoms with Crippen LogP contribution in [0.5, 0.6) is 0 Å². The highest BCUT2D eigenvalue weighted by Crippen LogP contribution is 2.11. The van der Waals surface area contributed by atoms with E-state index in [0.717, 1.165) is 17.8 Å². The molecule has 0 atom stereocenters. The number of carbonyl (C=O) groups is 1. The predicted molar refractivity (Wildman–Crippen MR) is 65.6 cm³/mol. The van der Waals surface area contributed by atoms with E-state index in [4.69, 9.17) is 5.11 Å². The standard InChI is InChI=1S/C12H16N4O2/c1-4-9-5-10(15(3)14-9)7-16-8(2)13-6-11(16)12(17)18/h5-6H,4,7H2,1-3H3,(H,17,18). The van der Waals surface area contributed by atoms with E-state index in [1.165, 1.54) is 6.20 Å². The molecular formula is C12H16N4O2. The topological polar surface area (TPSA) is 72.9 Å². The van der Waals surface area contributed by atoms with Gasteiger partial charge in [-0.1, -0.05) is 6.92 Å². The van der Waals surface area contributed by atoms with E-state index in [0.29, 0.717) is 12.4 Å². The molecule has 96 valence electrons. The fourth-order valence-electron chi connectivity index (χ4n) is 1.89. The van der Waals surface area contributed by atoms with E-state index >= 15 is 0 Å². The summed E-state index contributed by atoms with van der Waals surface area (Å²) in [6.07, 6.45) is 2.25. The maximum Gasteiger partial charge on any atom is 0.354 e. The van der Waals surface area contributed by atoms with Gasteiger partial charge in [0.15, 0.2) is 0 Å². The van der Waals surface area contributed by atoms with Crippen molar-refractivity contribution >= 4 is 5.97 Å². The molecule has 0 radical (unpaired) electrons. The SMILES string of the molecule is CCc1cc(Cn2c(C(=O)O)cnc2C)n(C)n1. The molecule has 2 aromatic heterocycles. The molecule has 0 saturated carbocycles. The molecule has 2 heterocycles. The first-order valence-electron chi connectivity index (χ1n) is 5.80. The van der Waals surface area contributed by atoms with E-state index in [9.17, 15) is 4.79 Å². The molecule has 0 aliphatic rings. The highest BCUT2D eigenvalue weighted by Gasteiger charge is 2.15. The van der Waals surface area contributed by atoms with Crippen molar-refractivity contribution in [2.24, 2.45) is 7.05 Å². The van der Waals surface area contributed by atoms with Gasteiger partial charge in [0.1, 0.15) is 11.5 Å². The molecule has 0 bridgehead atoms. The fraction of sp³-hybridized carbons (Fsp3) is 0.417. The maximum absolute atomic E-state index is 11.1. The monoisotopic (exact) mass is 248 g/mol. The number of nitrogens with zero attached hydrogens (tertiary/aromatic N) is 4. The quantitative estimate of drug-likeness (QED) is 0.883. The summed E-state index contributed by atoms with van der Waals surface area (Å²) in [6, 6.07) is 1.99. The van der Waals surface area contributed by atoms with Crippen molar-refractivity contribution in [3.8, 4) is 0 Å². The van der Waals surface area contributed by atoms with Gasteiger partial charge < -0.3 is 9.67 Å². The molecule has 2 rings (SSSR count). The average Bonchev–Trinajstić information content (AvgIpc) is 2.85. The molecule has 18 heavy (non-hydrogen) atoms. The minimum Gasteiger partial charge on any atom is -0.477 e. The molecule has 6 heteroatoms. The Balaban J connectivity index is 2.36. The van der Waals surface area contributed by atoms with Crippen molar-refractivity contribution in [1.29, 1.82) is 0 Å². The Kier molecular flexibility index (Phi) is 3.18. The van der Waals surface area contributed by atoms with Gasteiger partial charge in [-0.3, -0.25) is 4.68 Å². The van der Waals surface area contributed by atoms with Crippen molar-refractivity contribution in [3.05, 3.63) is 35.2 Å². The van der Waals surface area contributed by atoms with Crippen LogP contribution >= 0.6 is 0 Å². The van der Waals surface area contributed by atoms with Crippen LogP contribution in [0.1, 0.15) is 34.6 Å². The number of carboxylic acids is 1. The van der Waals surface area contributed by atoms with Gasteiger partial charge in [-0.05, 0) is 19.4 Å². The summed E-state index contributed by atoms with van der Waals surface area (Å²) in [6.45, 7) is 4.30. The Bertz CT molecular complexity index is 583. The van der Waals surface area contributed by atoms with Crippen molar-refractivity contribution in [2.45, 2.75) is 26.8 Å². The van der Waals surface area contributed by atoms with Crippen LogP contribution in [-0.4, -0.2) is 30.4 Å². The first-order valence-corrected chi connectivity index (χ1v) is 5.80. The number of rotatable bonds is 4. The van der Waals surface area contributed by atoms with E-state index in [-0.39, 0.29) is 5.69 Å². The van der Waals surface area contributed by atoms with Crippen LogP contribution in [0.3, 0.4) is 0 Å². The minimum atomic E-state index is -0.964.